The fourth-order valence-corrected chi connectivity index (χ4v) is 2.28. The Bertz CT molecular complexity index is 597. The van der Waals surface area contributed by atoms with Gasteiger partial charge in [0.15, 0.2) is 0 Å². The highest BCUT2D eigenvalue weighted by atomic mass is 32.1. The van der Waals surface area contributed by atoms with Crippen molar-refractivity contribution in [3.05, 3.63) is 33.9 Å². The zero-order chi connectivity index (χ0) is 13.8. The van der Waals surface area contributed by atoms with Gasteiger partial charge in [0, 0.05) is 11.1 Å². The second kappa shape index (κ2) is 5.66. The Kier molecular flexibility index (Phi) is 3.96. The number of aryl methyl sites for hydroxylation is 1. The molecule has 3 N–H and O–H groups in total. The molecule has 2 heterocycles. The van der Waals surface area contributed by atoms with Crippen molar-refractivity contribution in [2.24, 2.45) is 0 Å². The molecule has 2 aromatic rings. The Morgan fingerprint density at radius 3 is 2.95 bits per heavy atom. The first-order valence-electron chi connectivity index (χ1n) is 5.59. The van der Waals surface area contributed by atoms with Gasteiger partial charge in [-0.25, -0.2) is 14.8 Å². The van der Waals surface area contributed by atoms with Crippen LogP contribution in [0.3, 0.4) is 0 Å². The van der Waals surface area contributed by atoms with Gasteiger partial charge in [0.1, 0.15) is 5.82 Å². The van der Waals surface area contributed by atoms with Gasteiger partial charge in [-0.2, -0.15) is 0 Å². The average Bonchev–Trinajstić information content (AvgIpc) is 2.82. The Balaban J connectivity index is 2.17. The van der Waals surface area contributed by atoms with E-state index in [1.165, 1.54) is 19.4 Å². The Labute approximate surface area is 114 Å². The lowest BCUT2D eigenvalue weighted by Gasteiger charge is -2.10. The van der Waals surface area contributed by atoms with E-state index < -0.39 is 5.97 Å². The van der Waals surface area contributed by atoms with Gasteiger partial charge in [-0.3, -0.25) is 0 Å². The van der Waals surface area contributed by atoms with E-state index in [9.17, 15) is 4.79 Å². The van der Waals surface area contributed by atoms with Crippen molar-refractivity contribution in [2.75, 3.05) is 18.2 Å². The van der Waals surface area contributed by atoms with Crippen LogP contribution in [0.15, 0.2) is 17.8 Å². The van der Waals surface area contributed by atoms with Gasteiger partial charge >= 0.3 is 5.97 Å². The number of nitrogens with two attached hydrogens (primary N) is 1. The first-order chi connectivity index (χ1) is 9.13. The first-order valence-corrected chi connectivity index (χ1v) is 6.47. The van der Waals surface area contributed by atoms with Gasteiger partial charge in [-0.05, 0) is 13.0 Å². The second-order valence-corrected chi connectivity index (χ2v) is 4.77. The van der Waals surface area contributed by atoms with Gasteiger partial charge in [-0.1, -0.05) is 0 Å². The molecule has 0 unspecified atom stereocenters. The highest BCUT2D eigenvalue weighted by Crippen LogP contribution is 2.22. The third-order valence-corrected chi connectivity index (χ3v) is 3.59. The fourth-order valence-electron chi connectivity index (χ4n) is 1.56. The Morgan fingerprint density at radius 1 is 1.53 bits per heavy atom. The minimum absolute atomic E-state index is 0.288. The number of nitrogens with zero attached hydrogens (tertiary/aromatic N) is 2. The maximum Gasteiger partial charge on any atom is 0.340 e. The van der Waals surface area contributed by atoms with E-state index in [0.29, 0.717) is 17.9 Å². The molecule has 0 radical (unpaired) electrons. The summed E-state index contributed by atoms with van der Waals surface area (Å²) in [5.41, 5.74) is 9.25. The summed E-state index contributed by atoms with van der Waals surface area (Å²) in [6.45, 7) is 2.51. The summed E-state index contributed by atoms with van der Waals surface area (Å²) in [5.74, 6) is -0.00683. The molecule has 2 rings (SSSR count). The van der Waals surface area contributed by atoms with E-state index in [4.69, 9.17) is 5.73 Å². The third kappa shape index (κ3) is 2.82. The average molecular weight is 278 g/mol. The van der Waals surface area contributed by atoms with Gasteiger partial charge in [0.2, 0.25) is 0 Å². The molecule has 0 bridgehead atoms. The molecule has 0 spiro atoms. The molecule has 19 heavy (non-hydrogen) atoms. The lowest BCUT2D eigenvalue weighted by molar-refractivity contribution is 0.0602. The number of carbonyl (C=O) groups is 1. The van der Waals surface area contributed by atoms with E-state index in [1.807, 2.05) is 6.92 Å². The number of nitrogens with one attached hydrogen (secondary N) is 1. The van der Waals surface area contributed by atoms with Crippen LogP contribution in [0, 0.1) is 6.92 Å². The molecule has 0 saturated carbocycles. The topological polar surface area (TPSA) is 90.1 Å². The predicted octanol–water partition coefficient (Wildman–Crippen LogP) is 1.83. The van der Waals surface area contributed by atoms with Gasteiger partial charge < -0.3 is 15.8 Å². The molecule has 0 aliphatic rings. The van der Waals surface area contributed by atoms with Crippen LogP contribution in [0.1, 0.15) is 20.9 Å². The third-order valence-electron chi connectivity index (χ3n) is 2.66. The molecule has 0 aliphatic heterocycles. The molecule has 0 fully saturated rings. The van der Waals surface area contributed by atoms with E-state index >= 15 is 0 Å². The molecular weight excluding hydrogens is 264 g/mol. The number of anilines is 2. The molecular formula is C12H14N4O2S. The van der Waals surface area contributed by atoms with Crippen LogP contribution in [0.25, 0.3) is 0 Å². The monoisotopic (exact) mass is 278 g/mol. The summed E-state index contributed by atoms with van der Waals surface area (Å²) in [6, 6.07) is 1.53. The smallest absolute Gasteiger partial charge is 0.340 e. The maximum absolute atomic E-state index is 11.5. The number of hydrogen-bond acceptors (Lipinski definition) is 7. The predicted molar refractivity (Wildman–Crippen MR) is 74.2 cm³/mol. The number of esters is 1. The van der Waals surface area contributed by atoms with Gasteiger partial charge in [-0.15, -0.1) is 11.3 Å². The molecule has 0 aromatic carbocycles. The summed E-state index contributed by atoms with van der Waals surface area (Å²) in [5, 5.41) is 3.10. The number of carbonyl (C=O) groups excluding carboxylic acids is 1. The summed E-state index contributed by atoms with van der Waals surface area (Å²) in [4.78, 5) is 20.9. The number of rotatable bonds is 4. The fraction of sp³-hybridized carbons (Fsp3) is 0.250. The SMILES string of the molecule is COC(=O)c1ccnc(NCc2scnc2C)c1N. The van der Waals surface area contributed by atoms with Crippen LogP contribution in [-0.4, -0.2) is 23.0 Å². The summed E-state index contributed by atoms with van der Waals surface area (Å²) < 4.78 is 4.66. The minimum atomic E-state index is -0.475. The molecule has 0 atom stereocenters. The molecule has 6 nitrogen and oxygen atoms in total. The number of thiazole rings is 1. The molecule has 7 heteroatoms. The molecule has 2 aromatic heterocycles. The van der Waals surface area contributed by atoms with Crippen LogP contribution in [0.4, 0.5) is 11.5 Å². The maximum atomic E-state index is 11.5. The standard InChI is InChI=1S/C12H14N4O2S/c1-7-9(19-6-16-7)5-15-11-10(13)8(3-4-14-11)12(17)18-2/h3-4,6H,5,13H2,1-2H3,(H,14,15). The molecule has 100 valence electrons. The van der Waals surface area contributed by atoms with E-state index in [0.717, 1.165) is 10.6 Å². The van der Waals surface area contributed by atoms with Crippen molar-refractivity contribution in [1.29, 1.82) is 0 Å². The zero-order valence-electron chi connectivity index (χ0n) is 10.6. The first kappa shape index (κ1) is 13.3. The number of pyridine rings is 1. The van der Waals surface area contributed by atoms with E-state index in [-0.39, 0.29) is 5.69 Å². The zero-order valence-corrected chi connectivity index (χ0v) is 11.5. The van der Waals surface area contributed by atoms with Crippen molar-refractivity contribution >= 4 is 28.8 Å². The van der Waals surface area contributed by atoms with Crippen molar-refractivity contribution in [3.8, 4) is 0 Å². The van der Waals surface area contributed by atoms with Gasteiger partial charge in [0.25, 0.3) is 0 Å². The van der Waals surface area contributed by atoms with Gasteiger partial charge in [0.05, 0.1) is 36.1 Å². The number of hydrogen-bond donors (Lipinski definition) is 2. The minimum Gasteiger partial charge on any atom is -0.465 e. The van der Waals surface area contributed by atoms with Crippen LogP contribution < -0.4 is 11.1 Å². The number of nitrogen functional groups attached to an aromatic ring is 1. The van der Waals surface area contributed by atoms with E-state index in [1.54, 1.807) is 16.8 Å². The second-order valence-electron chi connectivity index (χ2n) is 3.83. The highest BCUT2D eigenvalue weighted by Gasteiger charge is 2.14. The van der Waals surface area contributed by atoms with Crippen molar-refractivity contribution in [2.45, 2.75) is 13.5 Å². The quantitative estimate of drug-likeness (QED) is 0.829. The van der Waals surface area contributed by atoms with Crippen LogP contribution in [0.2, 0.25) is 0 Å². The number of methoxy groups -OCH3 is 1. The summed E-state index contributed by atoms with van der Waals surface area (Å²) >= 11 is 1.56. The Hall–Kier alpha value is -2.15. The van der Waals surface area contributed by atoms with Crippen LogP contribution in [-0.2, 0) is 11.3 Å². The largest absolute Gasteiger partial charge is 0.465 e. The van der Waals surface area contributed by atoms with Crippen LogP contribution in [0.5, 0.6) is 0 Å². The number of aromatic nitrogens is 2. The lowest BCUT2D eigenvalue weighted by Crippen LogP contribution is -2.10. The summed E-state index contributed by atoms with van der Waals surface area (Å²) in [6.07, 6.45) is 1.52. The van der Waals surface area contributed by atoms with Crippen molar-refractivity contribution in [3.63, 3.8) is 0 Å². The Morgan fingerprint density at radius 2 is 2.32 bits per heavy atom. The number of ether oxygens (including phenoxy) is 1. The van der Waals surface area contributed by atoms with E-state index in [2.05, 4.69) is 20.0 Å². The highest BCUT2D eigenvalue weighted by molar-refractivity contribution is 7.09. The lowest BCUT2D eigenvalue weighted by atomic mass is 10.2. The van der Waals surface area contributed by atoms with Crippen molar-refractivity contribution in [1.82, 2.24) is 9.97 Å². The molecule has 0 aliphatic carbocycles. The normalized spacial score (nSPS) is 10.2. The molecule has 0 amide bonds. The van der Waals surface area contributed by atoms with Crippen molar-refractivity contribution < 1.29 is 9.53 Å². The summed E-state index contributed by atoms with van der Waals surface area (Å²) in [7, 11) is 1.32. The van der Waals surface area contributed by atoms with Crippen LogP contribution >= 0.6 is 11.3 Å². The molecule has 0 saturated heterocycles.